The number of amides is 1. The van der Waals surface area contributed by atoms with Crippen LogP contribution in [0.1, 0.15) is 36.0 Å². The van der Waals surface area contributed by atoms with Crippen LogP contribution >= 0.6 is 0 Å². The van der Waals surface area contributed by atoms with Crippen LogP contribution in [0.5, 0.6) is 0 Å². The van der Waals surface area contributed by atoms with E-state index in [0.717, 1.165) is 50.4 Å². The highest BCUT2D eigenvalue weighted by Gasteiger charge is 2.12. The first-order chi connectivity index (χ1) is 10.8. The van der Waals surface area contributed by atoms with Crippen LogP contribution in [0.2, 0.25) is 0 Å². The molecule has 0 unspecified atom stereocenters. The number of morpholine rings is 1. The zero-order chi connectivity index (χ0) is 15.2. The molecule has 0 aromatic heterocycles. The molecule has 1 fully saturated rings. The van der Waals surface area contributed by atoms with Crippen molar-refractivity contribution in [1.29, 1.82) is 0 Å². The molecule has 1 aromatic rings. The Kier molecular flexibility index (Phi) is 5.11. The Hall–Kier alpha value is -1.81. The molecule has 0 saturated carbocycles. The Morgan fingerprint density at radius 2 is 1.91 bits per heavy atom. The SMILES string of the molecule is O=C(NCC1=CCCCC1)c1ccc(N2CCOCC2)cc1. The number of rotatable bonds is 4. The van der Waals surface area contributed by atoms with E-state index in [-0.39, 0.29) is 5.91 Å². The number of ether oxygens (including phenoxy) is 1. The van der Waals surface area contributed by atoms with Crippen LogP contribution in [-0.4, -0.2) is 38.8 Å². The molecule has 1 aromatic carbocycles. The summed E-state index contributed by atoms with van der Waals surface area (Å²) in [7, 11) is 0. The van der Waals surface area contributed by atoms with E-state index in [0.29, 0.717) is 6.54 Å². The summed E-state index contributed by atoms with van der Waals surface area (Å²) in [5.41, 5.74) is 3.26. The van der Waals surface area contributed by atoms with Crippen molar-refractivity contribution in [2.75, 3.05) is 37.7 Å². The maximum absolute atomic E-state index is 12.2. The fraction of sp³-hybridized carbons (Fsp3) is 0.500. The third-order valence-electron chi connectivity index (χ3n) is 4.37. The number of allylic oxidation sites excluding steroid dienone is 1. The topological polar surface area (TPSA) is 41.6 Å². The number of nitrogens with one attached hydrogen (secondary N) is 1. The monoisotopic (exact) mass is 300 g/mol. The van der Waals surface area contributed by atoms with Crippen LogP contribution < -0.4 is 10.2 Å². The minimum absolute atomic E-state index is 0.0139. The molecule has 1 amide bonds. The average molecular weight is 300 g/mol. The van der Waals surface area contributed by atoms with Gasteiger partial charge in [0.2, 0.25) is 0 Å². The lowest BCUT2D eigenvalue weighted by atomic mass is 9.99. The normalized spacial score (nSPS) is 18.7. The molecule has 1 N–H and O–H groups in total. The minimum atomic E-state index is 0.0139. The molecule has 1 heterocycles. The van der Waals surface area contributed by atoms with Gasteiger partial charge in [-0.15, -0.1) is 0 Å². The van der Waals surface area contributed by atoms with Gasteiger partial charge >= 0.3 is 0 Å². The molecule has 4 nitrogen and oxygen atoms in total. The molecule has 1 aliphatic carbocycles. The third-order valence-corrected chi connectivity index (χ3v) is 4.37. The molecular weight excluding hydrogens is 276 g/mol. The van der Waals surface area contributed by atoms with E-state index in [1.807, 2.05) is 24.3 Å². The smallest absolute Gasteiger partial charge is 0.251 e. The van der Waals surface area contributed by atoms with E-state index in [2.05, 4.69) is 16.3 Å². The van der Waals surface area contributed by atoms with Gasteiger partial charge in [-0.25, -0.2) is 0 Å². The van der Waals surface area contributed by atoms with E-state index in [9.17, 15) is 4.79 Å². The molecule has 2 aliphatic rings. The van der Waals surface area contributed by atoms with Crippen molar-refractivity contribution in [3.8, 4) is 0 Å². The van der Waals surface area contributed by atoms with Crippen LogP contribution in [0.3, 0.4) is 0 Å². The van der Waals surface area contributed by atoms with E-state index in [4.69, 9.17) is 4.74 Å². The van der Waals surface area contributed by atoms with E-state index < -0.39 is 0 Å². The Balaban J connectivity index is 1.55. The first-order valence-corrected chi connectivity index (χ1v) is 8.22. The van der Waals surface area contributed by atoms with Crippen LogP contribution in [0.15, 0.2) is 35.9 Å². The summed E-state index contributed by atoms with van der Waals surface area (Å²) in [5.74, 6) is 0.0139. The second kappa shape index (κ2) is 7.45. The van der Waals surface area contributed by atoms with Gasteiger partial charge in [0, 0.05) is 30.9 Å². The molecular formula is C18H24N2O2. The van der Waals surface area contributed by atoms with E-state index >= 15 is 0 Å². The van der Waals surface area contributed by atoms with Gasteiger partial charge in [-0.3, -0.25) is 4.79 Å². The largest absolute Gasteiger partial charge is 0.378 e. The maximum atomic E-state index is 12.2. The van der Waals surface area contributed by atoms with Crippen molar-refractivity contribution in [2.24, 2.45) is 0 Å². The Labute approximate surface area is 132 Å². The molecule has 3 rings (SSSR count). The summed E-state index contributed by atoms with van der Waals surface area (Å²) in [6.07, 6.45) is 7.07. The zero-order valence-corrected chi connectivity index (χ0v) is 13.0. The lowest BCUT2D eigenvalue weighted by molar-refractivity contribution is 0.0956. The second-order valence-corrected chi connectivity index (χ2v) is 5.94. The average Bonchev–Trinajstić information content (AvgIpc) is 2.61. The molecule has 118 valence electrons. The summed E-state index contributed by atoms with van der Waals surface area (Å²) < 4.78 is 5.36. The second-order valence-electron chi connectivity index (χ2n) is 5.94. The Bertz CT molecular complexity index is 531. The first kappa shape index (κ1) is 15.1. The minimum Gasteiger partial charge on any atom is -0.378 e. The van der Waals surface area contributed by atoms with Crippen LogP contribution in [0.25, 0.3) is 0 Å². The first-order valence-electron chi connectivity index (χ1n) is 8.22. The van der Waals surface area contributed by atoms with Crippen molar-refractivity contribution in [3.63, 3.8) is 0 Å². The lowest BCUT2D eigenvalue weighted by Crippen LogP contribution is -2.36. The highest BCUT2D eigenvalue weighted by molar-refractivity contribution is 5.94. The molecule has 0 atom stereocenters. The van der Waals surface area contributed by atoms with Crippen LogP contribution in [0, 0.1) is 0 Å². The van der Waals surface area contributed by atoms with Gasteiger partial charge in [-0.1, -0.05) is 11.6 Å². The van der Waals surface area contributed by atoms with Gasteiger partial charge < -0.3 is 15.0 Å². The number of nitrogens with zero attached hydrogens (tertiary/aromatic N) is 1. The maximum Gasteiger partial charge on any atom is 0.251 e. The molecule has 4 heteroatoms. The summed E-state index contributed by atoms with van der Waals surface area (Å²) in [4.78, 5) is 14.5. The number of benzene rings is 1. The number of carbonyl (C=O) groups excluding carboxylic acids is 1. The van der Waals surface area contributed by atoms with Crippen molar-refractivity contribution >= 4 is 11.6 Å². The summed E-state index contributed by atoms with van der Waals surface area (Å²) in [6, 6.07) is 7.88. The quantitative estimate of drug-likeness (QED) is 0.869. The highest BCUT2D eigenvalue weighted by Crippen LogP contribution is 2.18. The van der Waals surface area contributed by atoms with Crippen LogP contribution in [0.4, 0.5) is 5.69 Å². The van der Waals surface area contributed by atoms with Gasteiger partial charge in [0.25, 0.3) is 5.91 Å². The number of hydrogen-bond acceptors (Lipinski definition) is 3. The molecule has 0 bridgehead atoms. The van der Waals surface area contributed by atoms with Gasteiger partial charge in [-0.05, 0) is 49.9 Å². The Morgan fingerprint density at radius 3 is 2.59 bits per heavy atom. The number of carbonyl (C=O) groups is 1. The fourth-order valence-corrected chi connectivity index (χ4v) is 3.01. The molecule has 0 spiro atoms. The Morgan fingerprint density at radius 1 is 1.14 bits per heavy atom. The predicted octanol–water partition coefficient (Wildman–Crippen LogP) is 2.75. The van der Waals surface area contributed by atoms with Crippen molar-refractivity contribution in [3.05, 3.63) is 41.5 Å². The van der Waals surface area contributed by atoms with E-state index in [1.165, 1.54) is 18.4 Å². The summed E-state index contributed by atoms with van der Waals surface area (Å²) in [6.45, 7) is 4.07. The number of anilines is 1. The summed E-state index contributed by atoms with van der Waals surface area (Å²) in [5, 5.41) is 3.03. The molecule has 0 radical (unpaired) electrons. The van der Waals surface area contributed by atoms with Crippen LogP contribution in [-0.2, 0) is 4.74 Å². The van der Waals surface area contributed by atoms with E-state index in [1.54, 1.807) is 0 Å². The lowest BCUT2D eigenvalue weighted by Gasteiger charge is -2.28. The van der Waals surface area contributed by atoms with Crippen molar-refractivity contribution in [2.45, 2.75) is 25.7 Å². The van der Waals surface area contributed by atoms with Crippen molar-refractivity contribution in [1.82, 2.24) is 5.32 Å². The molecule has 1 saturated heterocycles. The molecule has 1 aliphatic heterocycles. The summed E-state index contributed by atoms with van der Waals surface area (Å²) >= 11 is 0. The predicted molar refractivity (Wildman–Crippen MR) is 88.4 cm³/mol. The fourth-order valence-electron chi connectivity index (χ4n) is 3.01. The van der Waals surface area contributed by atoms with Gasteiger partial charge in [0.15, 0.2) is 0 Å². The van der Waals surface area contributed by atoms with Gasteiger partial charge in [-0.2, -0.15) is 0 Å². The van der Waals surface area contributed by atoms with Crippen molar-refractivity contribution < 1.29 is 9.53 Å². The third kappa shape index (κ3) is 3.89. The number of hydrogen-bond donors (Lipinski definition) is 1. The highest BCUT2D eigenvalue weighted by atomic mass is 16.5. The standard InChI is InChI=1S/C18H24N2O2/c21-18(19-14-15-4-2-1-3-5-15)16-6-8-17(9-7-16)20-10-12-22-13-11-20/h4,6-9H,1-3,5,10-14H2,(H,19,21). The van der Waals surface area contributed by atoms with Gasteiger partial charge in [0.1, 0.15) is 0 Å². The zero-order valence-electron chi connectivity index (χ0n) is 13.0. The van der Waals surface area contributed by atoms with Gasteiger partial charge in [0.05, 0.1) is 13.2 Å². The molecule has 22 heavy (non-hydrogen) atoms.